The molecule has 10 heavy (non-hydrogen) atoms. The minimum absolute atomic E-state index is 0.0137. The average Bonchev–Trinajstić information content (AvgIpc) is 1.60. The Bertz CT molecular complexity index is 105. The molecule has 0 spiro atoms. The largest absolute Gasteiger partial charge is 0.329 e. The minimum Gasteiger partial charge on any atom is -0.329 e. The molecule has 0 heterocycles. The Morgan fingerprint density at radius 2 is 1.70 bits per heavy atom. The summed E-state index contributed by atoms with van der Waals surface area (Å²) in [7, 11) is 6.45. The lowest BCUT2D eigenvalue weighted by Crippen LogP contribution is -2.50. The predicted molar refractivity (Wildman–Crippen MR) is 46.0 cm³/mol. The van der Waals surface area contributed by atoms with E-state index in [9.17, 15) is 0 Å². The fourth-order valence-electron chi connectivity index (χ4n) is 1.22. The second-order valence-electron chi connectivity index (χ2n) is 4.43. The molecule has 0 aliphatic rings. The van der Waals surface area contributed by atoms with Gasteiger partial charge in [-0.05, 0) is 25.6 Å². The van der Waals surface area contributed by atoms with Gasteiger partial charge in [0.2, 0.25) is 0 Å². The normalized spacial score (nSPS) is 13.8. The van der Waals surface area contributed by atoms with E-state index in [4.69, 9.17) is 11.8 Å². The van der Waals surface area contributed by atoms with Crippen molar-refractivity contribution < 1.29 is 4.48 Å². The Kier molecular flexibility index (Phi) is 3.14. The molecule has 0 saturated heterocycles. The summed E-state index contributed by atoms with van der Waals surface area (Å²) in [5, 5.41) is 0. The second-order valence-corrected chi connectivity index (χ2v) is 4.62. The first-order chi connectivity index (χ1) is 4.27. The van der Waals surface area contributed by atoms with Crippen LogP contribution in [-0.2, 0) is 0 Å². The lowest BCUT2D eigenvalue weighted by atomic mass is 10.1. The van der Waals surface area contributed by atoms with Crippen LogP contribution in [0.2, 0.25) is 0 Å². The van der Waals surface area contributed by atoms with Gasteiger partial charge >= 0.3 is 0 Å². The number of nitrogens with zero attached hydrogens (tertiary/aromatic N) is 1. The molecular formula is C7H18ClN2+. The molecule has 0 aromatic rings. The number of hydrogen-bond donors (Lipinski definition) is 1. The van der Waals surface area contributed by atoms with Gasteiger partial charge in [-0.25, -0.2) is 4.84 Å². The van der Waals surface area contributed by atoms with Crippen LogP contribution in [0.1, 0.15) is 13.8 Å². The van der Waals surface area contributed by atoms with Crippen molar-refractivity contribution in [3.8, 4) is 0 Å². The van der Waals surface area contributed by atoms with Gasteiger partial charge in [0.25, 0.3) is 0 Å². The van der Waals surface area contributed by atoms with Gasteiger partial charge < -0.3 is 4.48 Å². The van der Waals surface area contributed by atoms with Crippen LogP contribution in [0, 0.1) is 0 Å². The fraction of sp³-hybridized carbons (Fsp3) is 1.00. The van der Waals surface area contributed by atoms with E-state index in [0.717, 1.165) is 11.0 Å². The smallest absolute Gasteiger partial charge is 0.0972 e. The van der Waals surface area contributed by atoms with Crippen molar-refractivity contribution in [1.29, 1.82) is 0 Å². The number of hydrogen-bond acceptors (Lipinski definition) is 1. The summed E-state index contributed by atoms with van der Waals surface area (Å²) in [6.07, 6.45) is 0. The lowest BCUT2D eigenvalue weighted by molar-refractivity contribution is -0.873. The molecule has 0 atom stereocenters. The summed E-state index contributed by atoms with van der Waals surface area (Å²) in [4.78, 5) is 2.75. The third-order valence-electron chi connectivity index (χ3n) is 1.13. The highest BCUT2D eigenvalue weighted by Crippen LogP contribution is 2.07. The molecule has 0 saturated carbocycles. The molecule has 2 nitrogen and oxygen atoms in total. The van der Waals surface area contributed by atoms with Crippen LogP contribution in [0.4, 0.5) is 0 Å². The first kappa shape index (κ1) is 10.2. The Morgan fingerprint density at radius 1 is 1.30 bits per heavy atom. The fourth-order valence-corrected chi connectivity index (χ4v) is 1.28. The molecule has 62 valence electrons. The molecule has 0 bridgehead atoms. The summed E-state index contributed by atoms with van der Waals surface area (Å²) < 4.78 is 0.923. The third-order valence-corrected chi connectivity index (χ3v) is 1.64. The van der Waals surface area contributed by atoms with Crippen LogP contribution in [0.25, 0.3) is 0 Å². The minimum atomic E-state index is 0.0137. The van der Waals surface area contributed by atoms with Crippen LogP contribution in [0.15, 0.2) is 0 Å². The molecule has 0 aliphatic carbocycles. The average molecular weight is 166 g/mol. The Morgan fingerprint density at radius 3 is 1.80 bits per heavy atom. The van der Waals surface area contributed by atoms with E-state index in [0.29, 0.717) is 0 Å². The number of nitrogens with one attached hydrogen (secondary N) is 1. The van der Waals surface area contributed by atoms with Crippen LogP contribution in [0.3, 0.4) is 0 Å². The molecular weight excluding hydrogens is 148 g/mol. The Hall–Kier alpha value is 0.210. The van der Waals surface area contributed by atoms with Crippen molar-refractivity contribution >= 4 is 11.8 Å². The topological polar surface area (TPSA) is 12.0 Å². The summed E-state index contributed by atoms with van der Waals surface area (Å²) in [5.41, 5.74) is 0.0137. The molecule has 0 unspecified atom stereocenters. The van der Waals surface area contributed by atoms with E-state index in [-0.39, 0.29) is 5.54 Å². The van der Waals surface area contributed by atoms with Crippen molar-refractivity contribution in [2.45, 2.75) is 19.4 Å². The summed E-state index contributed by atoms with van der Waals surface area (Å²) in [5.74, 6) is 0. The zero-order valence-electron chi connectivity index (χ0n) is 7.53. The third kappa shape index (κ3) is 5.03. The summed E-state index contributed by atoms with van der Waals surface area (Å²) >= 11 is 5.54. The zero-order chi connectivity index (χ0) is 8.41. The van der Waals surface area contributed by atoms with Gasteiger partial charge in [-0.3, -0.25) is 0 Å². The van der Waals surface area contributed by atoms with E-state index in [1.807, 2.05) is 0 Å². The van der Waals surface area contributed by atoms with Crippen molar-refractivity contribution in [3.63, 3.8) is 0 Å². The van der Waals surface area contributed by atoms with Crippen molar-refractivity contribution in [2.24, 2.45) is 0 Å². The molecule has 0 radical (unpaired) electrons. The highest BCUT2D eigenvalue weighted by molar-refractivity contribution is 6.13. The number of likely N-dealkylation sites (N-methyl/N-ethyl adjacent to an activating group) is 1. The number of rotatable bonds is 3. The van der Waals surface area contributed by atoms with Gasteiger partial charge in [0, 0.05) is 0 Å². The first-order valence-corrected chi connectivity index (χ1v) is 3.83. The molecule has 0 aromatic carbocycles. The summed E-state index contributed by atoms with van der Waals surface area (Å²) in [6, 6.07) is 0. The predicted octanol–water partition coefficient (Wildman–Crippen LogP) is 1.21. The van der Waals surface area contributed by atoms with E-state index in [1.165, 1.54) is 0 Å². The van der Waals surface area contributed by atoms with E-state index < -0.39 is 0 Å². The van der Waals surface area contributed by atoms with Gasteiger partial charge in [0.05, 0.1) is 33.2 Å². The van der Waals surface area contributed by atoms with Crippen LogP contribution < -0.4 is 4.84 Å². The highest BCUT2D eigenvalue weighted by Gasteiger charge is 2.24. The van der Waals surface area contributed by atoms with Gasteiger partial charge in [-0.15, -0.1) is 0 Å². The quantitative estimate of drug-likeness (QED) is 0.490. The molecule has 1 N–H and O–H groups in total. The standard InChI is InChI=1S/C7H18ClN2/c1-7(2,9-8)6-10(3,4)5/h9H,6H2,1-5H3/q+1. The Balaban J connectivity index is 3.89. The number of halogens is 1. The van der Waals surface area contributed by atoms with E-state index in [1.54, 1.807) is 0 Å². The number of quaternary nitrogens is 1. The van der Waals surface area contributed by atoms with Crippen LogP contribution >= 0.6 is 11.8 Å². The van der Waals surface area contributed by atoms with Crippen molar-refractivity contribution in [3.05, 3.63) is 0 Å². The van der Waals surface area contributed by atoms with Crippen LogP contribution in [0.5, 0.6) is 0 Å². The molecule has 0 amide bonds. The maximum atomic E-state index is 5.54. The molecule has 0 fully saturated rings. The Labute approximate surface area is 68.9 Å². The van der Waals surface area contributed by atoms with Crippen molar-refractivity contribution in [2.75, 3.05) is 27.7 Å². The monoisotopic (exact) mass is 165 g/mol. The maximum absolute atomic E-state index is 5.54. The first-order valence-electron chi connectivity index (χ1n) is 3.45. The van der Waals surface area contributed by atoms with E-state index in [2.05, 4.69) is 39.8 Å². The molecule has 0 rings (SSSR count). The van der Waals surface area contributed by atoms with Gasteiger partial charge in [-0.1, -0.05) is 0 Å². The van der Waals surface area contributed by atoms with Crippen LogP contribution in [-0.4, -0.2) is 37.7 Å². The lowest BCUT2D eigenvalue weighted by Gasteiger charge is -2.32. The SMILES string of the molecule is CC(C)(C[N+](C)(C)C)NCl. The van der Waals surface area contributed by atoms with Gasteiger partial charge in [0.15, 0.2) is 0 Å². The van der Waals surface area contributed by atoms with Gasteiger partial charge in [0.1, 0.15) is 0 Å². The molecule has 0 aromatic heterocycles. The van der Waals surface area contributed by atoms with Gasteiger partial charge in [-0.2, -0.15) is 0 Å². The zero-order valence-corrected chi connectivity index (χ0v) is 8.29. The summed E-state index contributed by atoms with van der Waals surface area (Å²) in [6.45, 7) is 5.18. The van der Waals surface area contributed by atoms with Crippen molar-refractivity contribution in [1.82, 2.24) is 4.84 Å². The highest BCUT2D eigenvalue weighted by atomic mass is 35.5. The van der Waals surface area contributed by atoms with E-state index >= 15 is 0 Å². The molecule has 0 aliphatic heterocycles. The second kappa shape index (κ2) is 3.07. The maximum Gasteiger partial charge on any atom is 0.0972 e. The molecule has 3 heteroatoms.